The van der Waals surface area contributed by atoms with Gasteiger partial charge in [0.15, 0.2) is 5.16 Å². The summed E-state index contributed by atoms with van der Waals surface area (Å²) in [4.78, 5) is 0. The Morgan fingerprint density at radius 2 is 2.14 bits per heavy atom. The van der Waals surface area contributed by atoms with Gasteiger partial charge in [0.05, 0.1) is 6.61 Å². The summed E-state index contributed by atoms with van der Waals surface area (Å²) in [5.74, 6) is 2.88. The molecule has 2 N–H and O–H groups in total. The average molecular weight is 310 g/mol. The maximum atomic E-state index is 9.38. The van der Waals surface area contributed by atoms with E-state index in [4.69, 9.17) is 0 Å². The molecular formula is C15H26N4OS. The van der Waals surface area contributed by atoms with Crippen LogP contribution in [0, 0.1) is 0 Å². The minimum absolute atomic E-state index is 0.206. The maximum Gasteiger partial charge on any atom is 0.191 e. The van der Waals surface area contributed by atoms with Crippen LogP contribution >= 0.6 is 11.8 Å². The number of hydrogen-bond acceptors (Lipinski definition) is 5. The predicted octanol–water partition coefficient (Wildman–Crippen LogP) is 2.33. The zero-order valence-corrected chi connectivity index (χ0v) is 13.6. The summed E-state index contributed by atoms with van der Waals surface area (Å²) < 4.78 is 2.40. The fourth-order valence-corrected chi connectivity index (χ4v) is 3.65. The van der Waals surface area contributed by atoms with Crippen LogP contribution in [0.25, 0.3) is 0 Å². The monoisotopic (exact) mass is 310 g/mol. The number of nitrogens with zero attached hydrogens (tertiary/aromatic N) is 3. The van der Waals surface area contributed by atoms with E-state index in [2.05, 4.69) is 27.0 Å². The van der Waals surface area contributed by atoms with E-state index in [0.717, 1.165) is 30.3 Å². The second-order valence-corrected chi connectivity index (χ2v) is 7.25. The van der Waals surface area contributed by atoms with Gasteiger partial charge in [0, 0.05) is 23.8 Å². The summed E-state index contributed by atoms with van der Waals surface area (Å²) in [7, 11) is 0. The second kappa shape index (κ2) is 7.11. The smallest absolute Gasteiger partial charge is 0.191 e. The molecule has 2 aliphatic carbocycles. The van der Waals surface area contributed by atoms with Crippen molar-refractivity contribution in [3.05, 3.63) is 5.82 Å². The Bertz CT molecular complexity index is 457. The third-order valence-corrected chi connectivity index (χ3v) is 5.12. The van der Waals surface area contributed by atoms with E-state index >= 15 is 0 Å². The minimum Gasteiger partial charge on any atom is -0.395 e. The minimum atomic E-state index is 0.206. The van der Waals surface area contributed by atoms with Crippen molar-refractivity contribution in [2.24, 2.45) is 0 Å². The maximum absolute atomic E-state index is 9.38. The number of thioether (sulfide) groups is 1. The Morgan fingerprint density at radius 1 is 1.33 bits per heavy atom. The van der Waals surface area contributed by atoms with Crippen LogP contribution < -0.4 is 5.32 Å². The Labute approximate surface area is 130 Å². The van der Waals surface area contributed by atoms with Crippen molar-refractivity contribution in [2.75, 3.05) is 18.9 Å². The molecule has 2 aliphatic rings. The van der Waals surface area contributed by atoms with E-state index in [0.29, 0.717) is 12.0 Å². The summed E-state index contributed by atoms with van der Waals surface area (Å²) in [6, 6.07) is 0.864. The standard InChI is InChI=1S/C15H26N4OS/c1-2-8-16-12(10-20)7-9-21-15-18-17-14(11-3-4-11)19(15)13-5-6-13/h11-13,16,20H,2-10H2,1H3. The number of aliphatic hydroxyl groups is 1. The molecule has 1 atom stereocenters. The molecule has 2 fully saturated rings. The van der Waals surface area contributed by atoms with Crippen LogP contribution in [0.2, 0.25) is 0 Å². The zero-order valence-electron chi connectivity index (χ0n) is 12.8. The van der Waals surface area contributed by atoms with Crippen molar-refractivity contribution in [3.8, 4) is 0 Å². The highest BCUT2D eigenvalue weighted by Gasteiger charge is 2.36. The van der Waals surface area contributed by atoms with Crippen molar-refractivity contribution in [1.82, 2.24) is 20.1 Å². The molecule has 0 aliphatic heterocycles. The normalized spacial score (nSPS) is 19.9. The van der Waals surface area contributed by atoms with Crippen LogP contribution in [-0.4, -0.2) is 44.8 Å². The lowest BCUT2D eigenvalue weighted by molar-refractivity contribution is 0.240. The Hall–Kier alpha value is -0.590. The number of hydrogen-bond donors (Lipinski definition) is 2. The topological polar surface area (TPSA) is 63.0 Å². The van der Waals surface area contributed by atoms with Gasteiger partial charge in [-0.3, -0.25) is 0 Å². The van der Waals surface area contributed by atoms with Gasteiger partial charge in [0.1, 0.15) is 5.82 Å². The fraction of sp³-hybridized carbons (Fsp3) is 0.867. The van der Waals surface area contributed by atoms with Crippen molar-refractivity contribution < 1.29 is 5.11 Å². The molecule has 0 bridgehead atoms. The molecule has 6 heteroatoms. The molecule has 1 aromatic rings. The molecule has 2 saturated carbocycles. The van der Waals surface area contributed by atoms with Crippen molar-refractivity contribution in [1.29, 1.82) is 0 Å². The van der Waals surface area contributed by atoms with Crippen molar-refractivity contribution in [2.45, 2.75) is 68.6 Å². The number of rotatable bonds is 10. The van der Waals surface area contributed by atoms with Gasteiger partial charge < -0.3 is 15.0 Å². The van der Waals surface area contributed by atoms with Gasteiger partial charge in [-0.05, 0) is 45.1 Å². The molecule has 21 heavy (non-hydrogen) atoms. The summed E-state index contributed by atoms with van der Waals surface area (Å²) in [5, 5.41) is 22.7. The van der Waals surface area contributed by atoms with E-state index in [-0.39, 0.29) is 12.6 Å². The summed E-state index contributed by atoms with van der Waals surface area (Å²) in [6.45, 7) is 3.33. The molecule has 5 nitrogen and oxygen atoms in total. The third kappa shape index (κ3) is 3.99. The molecule has 0 saturated heterocycles. The van der Waals surface area contributed by atoms with Crippen molar-refractivity contribution >= 4 is 11.8 Å². The number of aromatic nitrogens is 3. The van der Waals surface area contributed by atoms with Gasteiger partial charge in [-0.1, -0.05) is 18.7 Å². The molecule has 3 rings (SSSR count). The highest BCUT2D eigenvalue weighted by molar-refractivity contribution is 7.99. The summed E-state index contributed by atoms with van der Waals surface area (Å²) in [5.41, 5.74) is 0. The Kier molecular flexibility index (Phi) is 5.19. The summed E-state index contributed by atoms with van der Waals surface area (Å²) in [6.07, 6.45) is 7.19. The summed E-state index contributed by atoms with van der Waals surface area (Å²) >= 11 is 1.80. The second-order valence-electron chi connectivity index (χ2n) is 6.19. The number of nitrogens with one attached hydrogen (secondary N) is 1. The van der Waals surface area contributed by atoms with Crippen LogP contribution in [-0.2, 0) is 0 Å². The van der Waals surface area contributed by atoms with E-state index in [1.807, 2.05) is 0 Å². The van der Waals surface area contributed by atoms with E-state index in [1.54, 1.807) is 11.8 Å². The highest BCUT2D eigenvalue weighted by atomic mass is 32.2. The first-order valence-corrected chi connectivity index (χ1v) is 9.23. The lowest BCUT2D eigenvalue weighted by Gasteiger charge is -2.15. The lowest BCUT2D eigenvalue weighted by atomic mass is 10.2. The first kappa shape index (κ1) is 15.3. The molecule has 0 amide bonds. The van der Waals surface area contributed by atoms with Crippen LogP contribution in [0.5, 0.6) is 0 Å². The van der Waals surface area contributed by atoms with E-state index in [1.165, 1.54) is 31.5 Å². The van der Waals surface area contributed by atoms with E-state index in [9.17, 15) is 5.11 Å². The molecule has 0 radical (unpaired) electrons. The molecule has 0 spiro atoms. The van der Waals surface area contributed by atoms with Crippen LogP contribution in [0.1, 0.15) is 63.2 Å². The highest BCUT2D eigenvalue weighted by Crippen LogP contribution is 2.46. The Morgan fingerprint density at radius 3 is 2.76 bits per heavy atom. The molecule has 1 aromatic heterocycles. The first-order valence-electron chi connectivity index (χ1n) is 8.25. The van der Waals surface area contributed by atoms with Gasteiger partial charge >= 0.3 is 0 Å². The SMILES string of the molecule is CCCNC(CO)CCSc1nnc(C2CC2)n1C1CC1. The van der Waals surface area contributed by atoms with E-state index < -0.39 is 0 Å². The average Bonchev–Trinajstić information content (AvgIpc) is 3.41. The molecule has 1 unspecified atom stereocenters. The third-order valence-electron chi connectivity index (χ3n) is 4.15. The van der Waals surface area contributed by atoms with Gasteiger partial charge in [-0.15, -0.1) is 10.2 Å². The van der Waals surface area contributed by atoms with Gasteiger partial charge in [0.2, 0.25) is 0 Å². The molecule has 118 valence electrons. The fourth-order valence-electron chi connectivity index (χ4n) is 2.58. The molecular weight excluding hydrogens is 284 g/mol. The van der Waals surface area contributed by atoms with Gasteiger partial charge in [-0.25, -0.2) is 0 Å². The van der Waals surface area contributed by atoms with Crippen LogP contribution in [0.4, 0.5) is 0 Å². The largest absolute Gasteiger partial charge is 0.395 e. The van der Waals surface area contributed by atoms with Crippen molar-refractivity contribution in [3.63, 3.8) is 0 Å². The van der Waals surface area contributed by atoms with Crippen LogP contribution in [0.15, 0.2) is 5.16 Å². The van der Waals surface area contributed by atoms with Gasteiger partial charge in [-0.2, -0.15) is 0 Å². The zero-order chi connectivity index (χ0) is 14.7. The predicted molar refractivity (Wildman–Crippen MR) is 84.8 cm³/mol. The molecule has 0 aromatic carbocycles. The Balaban J connectivity index is 1.53. The lowest BCUT2D eigenvalue weighted by Crippen LogP contribution is -2.33. The first-order chi connectivity index (χ1) is 10.3. The van der Waals surface area contributed by atoms with Crippen LogP contribution in [0.3, 0.4) is 0 Å². The van der Waals surface area contributed by atoms with Gasteiger partial charge in [0.25, 0.3) is 0 Å². The molecule has 1 heterocycles. The number of aliphatic hydroxyl groups excluding tert-OH is 1. The quantitative estimate of drug-likeness (QED) is 0.650.